The van der Waals surface area contributed by atoms with Crippen LogP contribution in [0.5, 0.6) is 5.88 Å². The van der Waals surface area contributed by atoms with Gasteiger partial charge in [-0.05, 0) is 30.9 Å². The van der Waals surface area contributed by atoms with Gasteiger partial charge in [-0.2, -0.15) is 0 Å². The SMILES string of the molecule is CCc1c(C(C)CC)nc2nc3ccccc3n2c1OCOC(=O)CCOCCOC. The van der Waals surface area contributed by atoms with E-state index < -0.39 is 0 Å². The Hall–Kier alpha value is -2.71. The number of rotatable bonds is 12. The van der Waals surface area contributed by atoms with Crippen molar-refractivity contribution in [1.29, 1.82) is 0 Å². The monoisotopic (exact) mass is 429 g/mol. The summed E-state index contributed by atoms with van der Waals surface area (Å²) in [6.07, 6.45) is 1.85. The molecule has 0 fully saturated rings. The van der Waals surface area contributed by atoms with Gasteiger partial charge in [0.1, 0.15) is 0 Å². The molecule has 8 heteroatoms. The van der Waals surface area contributed by atoms with Crippen molar-refractivity contribution in [2.75, 3.05) is 33.7 Å². The molecule has 8 nitrogen and oxygen atoms in total. The van der Waals surface area contributed by atoms with Gasteiger partial charge in [-0.15, -0.1) is 0 Å². The van der Waals surface area contributed by atoms with Crippen LogP contribution in [0.4, 0.5) is 0 Å². The molecule has 31 heavy (non-hydrogen) atoms. The van der Waals surface area contributed by atoms with E-state index in [1.807, 2.05) is 28.7 Å². The quantitative estimate of drug-likeness (QED) is 0.245. The van der Waals surface area contributed by atoms with Crippen molar-refractivity contribution in [2.45, 2.75) is 46.0 Å². The number of nitrogens with zero attached hydrogens (tertiary/aromatic N) is 3. The highest BCUT2D eigenvalue weighted by Crippen LogP contribution is 2.32. The molecule has 0 aliphatic carbocycles. The van der Waals surface area contributed by atoms with Crippen LogP contribution in [0.15, 0.2) is 24.3 Å². The first kappa shape index (κ1) is 23.0. The Bertz CT molecular complexity index is 1020. The molecule has 0 saturated carbocycles. The first-order valence-corrected chi connectivity index (χ1v) is 10.8. The number of benzene rings is 1. The molecule has 168 valence electrons. The summed E-state index contributed by atoms with van der Waals surface area (Å²) in [6, 6.07) is 7.84. The van der Waals surface area contributed by atoms with Crippen LogP contribution in [0.2, 0.25) is 0 Å². The molecule has 1 unspecified atom stereocenters. The van der Waals surface area contributed by atoms with E-state index in [1.165, 1.54) is 0 Å². The molecule has 0 saturated heterocycles. The first-order chi connectivity index (χ1) is 15.1. The Kier molecular flexibility index (Phi) is 8.20. The van der Waals surface area contributed by atoms with Gasteiger partial charge in [0, 0.05) is 12.7 Å². The Morgan fingerprint density at radius 3 is 2.68 bits per heavy atom. The molecule has 0 N–H and O–H groups in total. The van der Waals surface area contributed by atoms with Gasteiger partial charge in [0.2, 0.25) is 18.5 Å². The molecule has 0 amide bonds. The molecule has 1 atom stereocenters. The van der Waals surface area contributed by atoms with Gasteiger partial charge < -0.3 is 18.9 Å². The highest BCUT2D eigenvalue weighted by atomic mass is 16.7. The van der Waals surface area contributed by atoms with E-state index in [0.29, 0.717) is 24.9 Å². The van der Waals surface area contributed by atoms with Crippen molar-refractivity contribution in [1.82, 2.24) is 14.4 Å². The van der Waals surface area contributed by atoms with Crippen molar-refractivity contribution in [3.05, 3.63) is 35.5 Å². The molecule has 0 bridgehead atoms. The van der Waals surface area contributed by atoms with Crippen molar-refractivity contribution in [2.24, 2.45) is 0 Å². The maximum atomic E-state index is 12.0. The molecule has 0 radical (unpaired) electrons. The Labute approximate surface area is 182 Å². The predicted octanol–water partition coefficient (Wildman–Crippen LogP) is 3.89. The van der Waals surface area contributed by atoms with E-state index >= 15 is 0 Å². The van der Waals surface area contributed by atoms with Crippen molar-refractivity contribution in [3.8, 4) is 5.88 Å². The lowest BCUT2D eigenvalue weighted by Crippen LogP contribution is -2.16. The summed E-state index contributed by atoms with van der Waals surface area (Å²) in [5.74, 6) is 1.09. The largest absolute Gasteiger partial charge is 0.441 e. The number of aromatic nitrogens is 3. The van der Waals surface area contributed by atoms with Crippen LogP contribution >= 0.6 is 0 Å². The second-order valence-corrected chi connectivity index (χ2v) is 7.31. The van der Waals surface area contributed by atoms with Gasteiger partial charge in [-0.3, -0.25) is 4.79 Å². The lowest BCUT2D eigenvalue weighted by Gasteiger charge is -2.19. The lowest BCUT2D eigenvalue weighted by atomic mass is 9.99. The fourth-order valence-electron chi connectivity index (χ4n) is 3.42. The standard InChI is InChI=1S/C23H31N3O5/c1-5-16(3)21-17(6-2)22(31-15-30-20(27)11-12-29-14-13-28-4)26-19-10-8-7-9-18(19)24-23(26)25-21/h7-10,16H,5-6,11-15H2,1-4H3. The van der Waals surface area contributed by atoms with Crippen LogP contribution in [-0.4, -0.2) is 54.1 Å². The number of para-hydroxylation sites is 2. The minimum Gasteiger partial charge on any atom is -0.441 e. The topological polar surface area (TPSA) is 84.2 Å². The van der Waals surface area contributed by atoms with Crippen LogP contribution in [-0.2, 0) is 25.4 Å². The number of carbonyl (C=O) groups excluding carboxylic acids is 1. The first-order valence-electron chi connectivity index (χ1n) is 10.8. The second-order valence-electron chi connectivity index (χ2n) is 7.31. The van der Waals surface area contributed by atoms with Crippen molar-refractivity contribution in [3.63, 3.8) is 0 Å². The number of ether oxygens (including phenoxy) is 4. The molecule has 0 aliphatic heterocycles. The zero-order valence-corrected chi connectivity index (χ0v) is 18.7. The summed E-state index contributed by atoms with van der Waals surface area (Å²) in [5, 5.41) is 0. The average molecular weight is 430 g/mol. The van der Waals surface area contributed by atoms with E-state index in [1.54, 1.807) is 7.11 Å². The van der Waals surface area contributed by atoms with Crippen LogP contribution in [0, 0.1) is 0 Å². The number of hydrogen-bond acceptors (Lipinski definition) is 7. The minimum atomic E-state index is -0.376. The number of hydrogen-bond donors (Lipinski definition) is 0. The zero-order valence-electron chi connectivity index (χ0n) is 18.7. The highest BCUT2D eigenvalue weighted by Gasteiger charge is 2.21. The summed E-state index contributed by atoms with van der Waals surface area (Å²) in [7, 11) is 1.60. The summed E-state index contributed by atoms with van der Waals surface area (Å²) in [5.41, 5.74) is 3.72. The maximum absolute atomic E-state index is 12.0. The average Bonchev–Trinajstić information content (AvgIpc) is 3.16. The van der Waals surface area contributed by atoms with Crippen molar-refractivity contribution >= 4 is 22.8 Å². The molecular weight excluding hydrogens is 398 g/mol. The van der Waals surface area contributed by atoms with Crippen LogP contribution in [0.1, 0.15) is 50.8 Å². The van der Waals surface area contributed by atoms with Crippen LogP contribution in [0.3, 0.4) is 0 Å². The third-order valence-electron chi connectivity index (χ3n) is 5.26. The fourth-order valence-corrected chi connectivity index (χ4v) is 3.42. The van der Waals surface area contributed by atoms with E-state index in [4.69, 9.17) is 23.9 Å². The molecule has 2 aromatic heterocycles. The molecule has 0 spiro atoms. The summed E-state index contributed by atoms with van der Waals surface area (Å²) in [6.45, 7) is 7.39. The number of imidazole rings is 1. The van der Waals surface area contributed by atoms with E-state index in [-0.39, 0.29) is 31.7 Å². The smallest absolute Gasteiger partial charge is 0.311 e. The summed E-state index contributed by atoms with van der Waals surface area (Å²) >= 11 is 0. The van der Waals surface area contributed by atoms with Gasteiger partial charge in [0.25, 0.3) is 0 Å². The maximum Gasteiger partial charge on any atom is 0.311 e. The van der Waals surface area contributed by atoms with Gasteiger partial charge in [-0.25, -0.2) is 14.4 Å². The zero-order chi connectivity index (χ0) is 22.2. The Balaban J connectivity index is 1.83. The van der Waals surface area contributed by atoms with Crippen LogP contribution in [0.25, 0.3) is 16.8 Å². The third-order valence-corrected chi connectivity index (χ3v) is 5.26. The van der Waals surface area contributed by atoms with E-state index in [2.05, 4.69) is 25.8 Å². The number of fused-ring (bicyclic) bond motifs is 3. The normalized spacial score (nSPS) is 12.4. The molecule has 2 heterocycles. The van der Waals surface area contributed by atoms with Gasteiger partial charge in [0.05, 0.1) is 43.0 Å². The predicted molar refractivity (Wildman–Crippen MR) is 117 cm³/mol. The van der Waals surface area contributed by atoms with Gasteiger partial charge in [0.15, 0.2) is 0 Å². The van der Waals surface area contributed by atoms with Crippen molar-refractivity contribution < 1.29 is 23.7 Å². The Morgan fingerprint density at radius 2 is 1.94 bits per heavy atom. The van der Waals surface area contributed by atoms with Gasteiger partial charge in [-0.1, -0.05) is 32.9 Å². The van der Waals surface area contributed by atoms with Crippen LogP contribution < -0.4 is 4.74 Å². The fraction of sp³-hybridized carbons (Fsp3) is 0.522. The van der Waals surface area contributed by atoms with E-state index in [9.17, 15) is 4.79 Å². The molecule has 0 aliphatic rings. The highest BCUT2D eigenvalue weighted by molar-refractivity contribution is 5.80. The number of methoxy groups -OCH3 is 1. The Morgan fingerprint density at radius 1 is 1.13 bits per heavy atom. The third kappa shape index (κ3) is 5.32. The van der Waals surface area contributed by atoms with Gasteiger partial charge >= 0.3 is 5.97 Å². The number of carbonyl (C=O) groups is 1. The number of esters is 1. The second kappa shape index (κ2) is 11.1. The summed E-state index contributed by atoms with van der Waals surface area (Å²) in [4.78, 5) is 21.6. The minimum absolute atomic E-state index is 0.158. The molecule has 3 rings (SSSR count). The summed E-state index contributed by atoms with van der Waals surface area (Å²) < 4.78 is 23.4. The molecular formula is C23H31N3O5. The lowest BCUT2D eigenvalue weighted by molar-refractivity contribution is -0.151. The molecule has 1 aromatic carbocycles. The molecule has 3 aromatic rings. The van der Waals surface area contributed by atoms with E-state index in [0.717, 1.165) is 35.1 Å².